The third kappa shape index (κ3) is 17.0. The van der Waals surface area contributed by atoms with Gasteiger partial charge in [-0.2, -0.15) is 0 Å². The second kappa shape index (κ2) is 18.3. The van der Waals surface area contributed by atoms with Crippen LogP contribution < -0.4 is 0 Å². The average molecular weight is 443 g/mol. The summed E-state index contributed by atoms with van der Waals surface area (Å²) in [5.74, 6) is -1.11. The summed E-state index contributed by atoms with van der Waals surface area (Å²) in [6.45, 7) is 6.21. The van der Waals surface area contributed by atoms with Gasteiger partial charge in [0.2, 0.25) is 0 Å². The van der Waals surface area contributed by atoms with Crippen molar-refractivity contribution >= 4 is 0 Å². The fourth-order valence-corrected chi connectivity index (χ4v) is 4.66. The Bertz CT molecular complexity index is 393. The molecule has 1 saturated carbocycles. The zero-order valence-corrected chi connectivity index (χ0v) is 21.1. The van der Waals surface area contributed by atoms with Crippen LogP contribution in [0.5, 0.6) is 0 Å². The molecule has 1 rings (SSSR count). The predicted molar refractivity (Wildman–Crippen MR) is 130 cm³/mol. The number of rotatable bonds is 20. The van der Waals surface area contributed by atoms with E-state index in [4.69, 9.17) is 9.47 Å². The maximum Gasteiger partial charge on any atom is 0.160 e. The first-order valence-electron chi connectivity index (χ1n) is 13.6. The normalized spacial score (nSPS) is 20.8. The molecule has 1 fully saturated rings. The maximum absolute atomic E-state index is 10.3. The fourth-order valence-electron chi connectivity index (χ4n) is 4.66. The summed E-state index contributed by atoms with van der Waals surface area (Å²) >= 11 is 0. The first kappa shape index (κ1) is 28.9. The highest BCUT2D eigenvalue weighted by Crippen LogP contribution is 2.27. The molecule has 2 N–H and O–H groups in total. The molecule has 4 nitrogen and oxygen atoms in total. The topological polar surface area (TPSA) is 58.9 Å². The molecule has 1 aliphatic carbocycles. The minimum atomic E-state index is -1.11. The van der Waals surface area contributed by atoms with E-state index < -0.39 is 5.79 Å². The van der Waals surface area contributed by atoms with Crippen molar-refractivity contribution in [1.29, 1.82) is 0 Å². The van der Waals surface area contributed by atoms with Crippen molar-refractivity contribution in [3.05, 3.63) is 0 Å². The molecule has 0 aromatic rings. The Labute approximate surface area is 193 Å². The first-order chi connectivity index (χ1) is 14.9. The van der Waals surface area contributed by atoms with Crippen LogP contribution in [-0.4, -0.2) is 40.9 Å². The van der Waals surface area contributed by atoms with Crippen LogP contribution in [0, 0.1) is 0 Å². The van der Waals surface area contributed by atoms with Gasteiger partial charge in [0.15, 0.2) is 5.79 Å². The van der Waals surface area contributed by atoms with E-state index in [2.05, 4.69) is 6.92 Å². The molecule has 0 bridgehead atoms. The minimum Gasteiger partial charge on any atom is -0.393 e. The average Bonchev–Trinajstić information content (AvgIpc) is 2.71. The summed E-state index contributed by atoms with van der Waals surface area (Å²) in [5, 5.41) is 20.2. The van der Waals surface area contributed by atoms with Gasteiger partial charge in [-0.3, -0.25) is 0 Å². The Morgan fingerprint density at radius 3 is 1.74 bits per heavy atom. The molecule has 31 heavy (non-hydrogen) atoms. The van der Waals surface area contributed by atoms with Crippen LogP contribution in [0.3, 0.4) is 0 Å². The van der Waals surface area contributed by atoms with Crippen molar-refractivity contribution in [2.45, 2.75) is 167 Å². The highest BCUT2D eigenvalue weighted by atomic mass is 16.6. The molecule has 0 radical (unpaired) electrons. The molecule has 0 aromatic heterocycles. The molecule has 0 amide bonds. The predicted octanol–water partition coefficient (Wildman–Crippen LogP) is 7.29. The fraction of sp³-hybridized carbons (Fsp3) is 1.00. The standard InChI is InChI=1S/C27H54O4/c1-4-5-6-7-8-9-10-11-12-13-14-15-16-19-24(28)22-23-30-25-20-17-18-21-26(25)31-27(2,3)29/h24-26,28-29H,4-23H2,1-3H3. The number of aliphatic hydroxyl groups excluding tert-OH is 1. The molecule has 186 valence electrons. The van der Waals surface area contributed by atoms with E-state index in [0.717, 1.165) is 38.5 Å². The molecule has 0 saturated heterocycles. The summed E-state index contributed by atoms with van der Waals surface area (Å²) < 4.78 is 11.8. The summed E-state index contributed by atoms with van der Waals surface area (Å²) in [6.07, 6.45) is 23.2. The maximum atomic E-state index is 10.3. The summed E-state index contributed by atoms with van der Waals surface area (Å²) in [7, 11) is 0. The van der Waals surface area contributed by atoms with E-state index >= 15 is 0 Å². The van der Waals surface area contributed by atoms with Gasteiger partial charge in [0, 0.05) is 6.61 Å². The highest BCUT2D eigenvalue weighted by molar-refractivity contribution is 4.78. The van der Waals surface area contributed by atoms with E-state index in [-0.39, 0.29) is 18.3 Å². The van der Waals surface area contributed by atoms with E-state index in [1.165, 1.54) is 77.0 Å². The Balaban J connectivity index is 1.93. The molecule has 3 atom stereocenters. The molecular formula is C27H54O4. The zero-order valence-electron chi connectivity index (χ0n) is 21.1. The van der Waals surface area contributed by atoms with Crippen molar-refractivity contribution in [2.24, 2.45) is 0 Å². The quantitative estimate of drug-likeness (QED) is 0.153. The number of ether oxygens (including phenoxy) is 2. The van der Waals surface area contributed by atoms with Gasteiger partial charge in [-0.25, -0.2) is 0 Å². The van der Waals surface area contributed by atoms with Gasteiger partial charge < -0.3 is 19.7 Å². The van der Waals surface area contributed by atoms with Crippen LogP contribution in [0.25, 0.3) is 0 Å². The van der Waals surface area contributed by atoms with Crippen molar-refractivity contribution in [3.8, 4) is 0 Å². The van der Waals surface area contributed by atoms with Crippen LogP contribution in [0.2, 0.25) is 0 Å². The van der Waals surface area contributed by atoms with Crippen molar-refractivity contribution in [2.75, 3.05) is 6.61 Å². The number of aliphatic hydroxyl groups is 2. The monoisotopic (exact) mass is 442 g/mol. The van der Waals surface area contributed by atoms with E-state index in [1.807, 2.05) is 0 Å². The lowest BCUT2D eigenvalue weighted by molar-refractivity contribution is -0.237. The summed E-state index contributed by atoms with van der Waals surface area (Å²) in [4.78, 5) is 0. The molecule has 0 aromatic carbocycles. The molecule has 3 unspecified atom stereocenters. The lowest BCUT2D eigenvalue weighted by atomic mass is 9.94. The summed E-state index contributed by atoms with van der Waals surface area (Å²) in [5.41, 5.74) is 0. The Kier molecular flexibility index (Phi) is 17.0. The van der Waals surface area contributed by atoms with Gasteiger partial charge in [-0.1, -0.05) is 103 Å². The van der Waals surface area contributed by atoms with Crippen molar-refractivity contribution in [3.63, 3.8) is 0 Å². The smallest absolute Gasteiger partial charge is 0.160 e. The van der Waals surface area contributed by atoms with Gasteiger partial charge in [0.05, 0.1) is 18.3 Å². The largest absolute Gasteiger partial charge is 0.393 e. The van der Waals surface area contributed by atoms with E-state index in [1.54, 1.807) is 13.8 Å². The number of hydrogen-bond donors (Lipinski definition) is 2. The van der Waals surface area contributed by atoms with Gasteiger partial charge in [0.1, 0.15) is 0 Å². The van der Waals surface area contributed by atoms with Crippen LogP contribution in [0.4, 0.5) is 0 Å². The molecule has 0 spiro atoms. The molecular weight excluding hydrogens is 388 g/mol. The van der Waals surface area contributed by atoms with Crippen molar-refractivity contribution < 1.29 is 19.7 Å². The zero-order chi connectivity index (χ0) is 22.8. The van der Waals surface area contributed by atoms with Gasteiger partial charge in [-0.05, 0) is 39.5 Å². The van der Waals surface area contributed by atoms with Crippen LogP contribution in [0.1, 0.15) is 143 Å². The van der Waals surface area contributed by atoms with Crippen LogP contribution in [-0.2, 0) is 9.47 Å². The van der Waals surface area contributed by atoms with Gasteiger partial charge in [0.25, 0.3) is 0 Å². The van der Waals surface area contributed by atoms with Gasteiger partial charge >= 0.3 is 0 Å². The number of hydrogen-bond acceptors (Lipinski definition) is 4. The Hall–Kier alpha value is -0.160. The third-order valence-electron chi connectivity index (χ3n) is 6.51. The Morgan fingerprint density at radius 1 is 0.742 bits per heavy atom. The molecule has 0 heterocycles. The van der Waals surface area contributed by atoms with E-state index in [9.17, 15) is 10.2 Å². The van der Waals surface area contributed by atoms with Crippen LogP contribution >= 0.6 is 0 Å². The second-order valence-corrected chi connectivity index (χ2v) is 10.3. The number of unbranched alkanes of at least 4 members (excludes halogenated alkanes) is 12. The molecule has 4 heteroatoms. The second-order valence-electron chi connectivity index (χ2n) is 10.3. The van der Waals surface area contributed by atoms with Crippen LogP contribution in [0.15, 0.2) is 0 Å². The van der Waals surface area contributed by atoms with Gasteiger partial charge in [-0.15, -0.1) is 0 Å². The SMILES string of the molecule is CCCCCCCCCCCCCCCC(O)CCOC1CCCCC1OC(C)(C)O. The minimum absolute atomic E-state index is 0.0352. The first-order valence-corrected chi connectivity index (χ1v) is 13.6. The lowest BCUT2D eigenvalue weighted by Gasteiger charge is -2.35. The Morgan fingerprint density at radius 2 is 1.23 bits per heavy atom. The third-order valence-corrected chi connectivity index (χ3v) is 6.51. The lowest BCUT2D eigenvalue weighted by Crippen LogP contribution is -2.41. The molecule has 0 aliphatic heterocycles. The van der Waals surface area contributed by atoms with Crippen molar-refractivity contribution in [1.82, 2.24) is 0 Å². The molecule has 1 aliphatic rings. The summed E-state index contributed by atoms with van der Waals surface area (Å²) in [6, 6.07) is 0. The van der Waals surface area contributed by atoms with E-state index in [0.29, 0.717) is 13.0 Å². The highest BCUT2D eigenvalue weighted by Gasteiger charge is 2.31.